The van der Waals surface area contributed by atoms with Gasteiger partial charge in [-0.05, 0) is 31.0 Å². The summed E-state index contributed by atoms with van der Waals surface area (Å²) >= 11 is 0. The molecule has 2 aromatic rings. The topological polar surface area (TPSA) is 96.6 Å². The minimum absolute atomic E-state index is 0.170. The van der Waals surface area contributed by atoms with Crippen LogP contribution < -0.4 is 10.6 Å². The first-order valence-electron chi connectivity index (χ1n) is 9.02. The molecule has 1 aliphatic heterocycles. The number of nitrogens with one attached hydrogen (secondary N) is 2. The normalized spacial score (nSPS) is 16.9. The summed E-state index contributed by atoms with van der Waals surface area (Å²) < 4.78 is 20.5. The third-order valence-corrected chi connectivity index (χ3v) is 4.29. The van der Waals surface area contributed by atoms with Gasteiger partial charge in [-0.1, -0.05) is 6.07 Å². The SMILES string of the molecule is CCNC(=NCc1ccc(O)c(F)c1)NC1CCc2nc(COC)nn2C1. The van der Waals surface area contributed by atoms with Crippen molar-refractivity contribution >= 4 is 5.96 Å². The van der Waals surface area contributed by atoms with E-state index in [0.29, 0.717) is 37.0 Å². The van der Waals surface area contributed by atoms with Gasteiger partial charge in [0.1, 0.15) is 12.4 Å². The Bertz CT molecular complexity index is 807. The van der Waals surface area contributed by atoms with Crippen LogP contribution in [0.2, 0.25) is 0 Å². The number of fused-ring (bicyclic) bond motifs is 1. The van der Waals surface area contributed by atoms with Crippen LogP contribution in [-0.2, 0) is 30.9 Å². The molecule has 27 heavy (non-hydrogen) atoms. The van der Waals surface area contributed by atoms with Crippen molar-refractivity contribution in [2.75, 3.05) is 13.7 Å². The number of hydrogen-bond donors (Lipinski definition) is 3. The van der Waals surface area contributed by atoms with E-state index in [1.54, 1.807) is 13.2 Å². The fraction of sp³-hybridized carbons (Fsp3) is 0.500. The number of halogens is 1. The van der Waals surface area contributed by atoms with Crippen molar-refractivity contribution in [2.24, 2.45) is 4.99 Å². The lowest BCUT2D eigenvalue weighted by Gasteiger charge is -2.25. The summed E-state index contributed by atoms with van der Waals surface area (Å²) in [6, 6.07) is 4.46. The maximum atomic E-state index is 13.5. The van der Waals surface area contributed by atoms with E-state index >= 15 is 0 Å². The maximum absolute atomic E-state index is 13.5. The molecular formula is C18H25FN6O2. The first-order valence-corrected chi connectivity index (χ1v) is 9.02. The molecule has 0 radical (unpaired) electrons. The van der Waals surface area contributed by atoms with Crippen LogP contribution in [0.5, 0.6) is 5.75 Å². The number of aromatic nitrogens is 3. The van der Waals surface area contributed by atoms with Gasteiger partial charge in [-0.2, -0.15) is 5.10 Å². The summed E-state index contributed by atoms with van der Waals surface area (Å²) in [4.78, 5) is 9.00. The standard InChI is InChI=1S/C18H25FN6O2/c1-3-20-18(21-9-12-4-6-15(26)14(19)8-12)22-13-5-7-17-23-16(11-27-2)24-25(17)10-13/h4,6,8,13,26H,3,5,7,9-11H2,1-2H3,(H2,20,21,22). The minimum Gasteiger partial charge on any atom is -0.505 e. The molecule has 9 heteroatoms. The molecule has 0 fully saturated rings. The summed E-state index contributed by atoms with van der Waals surface area (Å²) in [6.07, 6.45) is 1.75. The molecule has 0 saturated heterocycles. The average molecular weight is 376 g/mol. The van der Waals surface area contributed by atoms with E-state index in [0.717, 1.165) is 25.2 Å². The number of rotatable bonds is 6. The molecule has 0 spiro atoms. The van der Waals surface area contributed by atoms with E-state index in [-0.39, 0.29) is 11.8 Å². The summed E-state index contributed by atoms with van der Waals surface area (Å²) in [6.45, 7) is 4.13. The second kappa shape index (κ2) is 8.81. The van der Waals surface area contributed by atoms with E-state index in [1.807, 2.05) is 11.6 Å². The van der Waals surface area contributed by atoms with Gasteiger partial charge in [0, 0.05) is 26.1 Å². The molecule has 146 valence electrons. The molecule has 0 bridgehead atoms. The molecular weight excluding hydrogens is 351 g/mol. The molecule has 3 N–H and O–H groups in total. The number of benzene rings is 1. The van der Waals surface area contributed by atoms with Crippen molar-refractivity contribution < 1.29 is 14.2 Å². The van der Waals surface area contributed by atoms with Crippen molar-refractivity contribution in [3.8, 4) is 5.75 Å². The van der Waals surface area contributed by atoms with Crippen LogP contribution in [0.3, 0.4) is 0 Å². The van der Waals surface area contributed by atoms with Gasteiger partial charge < -0.3 is 20.5 Å². The lowest BCUT2D eigenvalue weighted by atomic mass is 10.1. The van der Waals surface area contributed by atoms with Crippen LogP contribution in [0, 0.1) is 5.82 Å². The largest absolute Gasteiger partial charge is 0.505 e. The number of nitrogens with zero attached hydrogens (tertiary/aromatic N) is 4. The predicted molar refractivity (Wildman–Crippen MR) is 98.9 cm³/mol. The third kappa shape index (κ3) is 4.94. The van der Waals surface area contributed by atoms with Crippen LogP contribution in [0.15, 0.2) is 23.2 Å². The third-order valence-electron chi connectivity index (χ3n) is 4.29. The fourth-order valence-electron chi connectivity index (χ4n) is 3.00. The highest BCUT2D eigenvalue weighted by Gasteiger charge is 2.22. The van der Waals surface area contributed by atoms with Gasteiger partial charge in [0.25, 0.3) is 0 Å². The van der Waals surface area contributed by atoms with Crippen LogP contribution in [0.4, 0.5) is 4.39 Å². The first-order chi connectivity index (χ1) is 13.1. The van der Waals surface area contributed by atoms with Gasteiger partial charge in [0.2, 0.25) is 0 Å². The summed E-state index contributed by atoms with van der Waals surface area (Å²) in [5, 5.41) is 20.4. The Kier molecular flexibility index (Phi) is 6.23. The number of phenols is 1. The quantitative estimate of drug-likeness (QED) is 0.520. The zero-order chi connectivity index (χ0) is 19.2. The Balaban J connectivity index is 1.64. The first kappa shape index (κ1) is 19.1. The van der Waals surface area contributed by atoms with Gasteiger partial charge in [-0.15, -0.1) is 0 Å². The van der Waals surface area contributed by atoms with Crippen LogP contribution >= 0.6 is 0 Å². The lowest BCUT2D eigenvalue weighted by molar-refractivity contribution is 0.177. The van der Waals surface area contributed by atoms with E-state index in [9.17, 15) is 9.50 Å². The molecule has 0 saturated carbocycles. The average Bonchev–Trinajstić information content (AvgIpc) is 3.04. The van der Waals surface area contributed by atoms with Crippen molar-refractivity contribution in [3.05, 3.63) is 41.2 Å². The number of ether oxygens (including phenoxy) is 1. The van der Waals surface area contributed by atoms with E-state index < -0.39 is 5.82 Å². The Morgan fingerprint density at radius 1 is 1.48 bits per heavy atom. The Morgan fingerprint density at radius 2 is 2.33 bits per heavy atom. The zero-order valence-electron chi connectivity index (χ0n) is 15.6. The molecule has 3 rings (SSSR count). The van der Waals surface area contributed by atoms with E-state index in [1.165, 1.54) is 12.1 Å². The number of methoxy groups -OCH3 is 1. The molecule has 1 unspecified atom stereocenters. The molecule has 1 aromatic carbocycles. The Labute approximate surface area is 157 Å². The van der Waals surface area contributed by atoms with Crippen molar-refractivity contribution in [1.82, 2.24) is 25.4 Å². The Hall–Kier alpha value is -2.68. The highest BCUT2D eigenvalue weighted by molar-refractivity contribution is 5.80. The molecule has 1 aliphatic rings. The monoisotopic (exact) mass is 376 g/mol. The number of phenolic OH excluding ortho intramolecular Hbond substituents is 1. The highest BCUT2D eigenvalue weighted by Crippen LogP contribution is 2.17. The van der Waals surface area contributed by atoms with Gasteiger partial charge in [-0.25, -0.2) is 19.0 Å². The van der Waals surface area contributed by atoms with Gasteiger partial charge >= 0.3 is 0 Å². The number of aliphatic imine (C=N–C) groups is 1. The predicted octanol–water partition coefficient (Wildman–Crippen LogP) is 1.34. The van der Waals surface area contributed by atoms with Crippen LogP contribution in [0.1, 0.15) is 30.6 Å². The molecule has 0 aliphatic carbocycles. The van der Waals surface area contributed by atoms with Gasteiger partial charge in [-0.3, -0.25) is 0 Å². The highest BCUT2D eigenvalue weighted by atomic mass is 19.1. The van der Waals surface area contributed by atoms with Crippen molar-refractivity contribution in [2.45, 2.75) is 45.5 Å². The van der Waals surface area contributed by atoms with E-state index in [4.69, 9.17) is 4.74 Å². The molecule has 2 heterocycles. The van der Waals surface area contributed by atoms with E-state index in [2.05, 4.69) is 25.7 Å². The smallest absolute Gasteiger partial charge is 0.191 e. The maximum Gasteiger partial charge on any atom is 0.191 e. The van der Waals surface area contributed by atoms with Crippen molar-refractivity contribution in [3.63, 3.8) is 0 Å². The van der Waals surface area contributed by atoms with Gasteiger partial charge in [0.05, 0.1) is 13.1 Å². The Morgan fingerprint density at radius 3 is 3.07 bits per heavy atom. The molecule has 0 amide bonds. The second-order valence-corrected chi connectivity index (χ2v) is 6.42. The summed E-state index contributed by atoms with van der Waals surface area (Å²) in [5.41, 5.74) is 0.689. The molecule has 1 aromatic heterocycles. The molecule has 1 atom stereocenters. The zero-order valence-corrected chi connectivity index (χ0v) is 15.6. The number of hydrogen-bond acceptors (Lipinski definition) is 5. The number of aryl methyl sites for hydroxylation is 1. The second-order valence-electron chi connectivity index (χ2n) is 6.42. The van der Waals surface area contributed by atoms with Crippen LogP contribution in [0.25, 0.3) is 0 Å². The minimum atomic E-state index is -0.640. The lowest BCUT2D eigenvalue weighted by Crippen LogP contribution is -2.47. The van der Waals surface area contributed by atoms with Gasteiger partial charge in [0.15, 0.2) is 23.4 Å². The number of guanidine groups is 1. The number of aromatic hydroxyl groups is 1. The summed E-state index contributed by atoms with van der Waals surface area (Å²) in [5.74, 6) is 1.34. The van der Waals surface area contributed by atoms with Crippen molar-refractivity contribution in [1.29, 1.82) is 0 Å². The fourth-order valence-corrected chi connectivity index (χ4v) is 3.00. The molecule has 8 nitrogen and oxygen atoms in total. The summed E-state index contributed by atoms with van der Waals surface area (Å²) in [7, 11) is 1.63. The van der Waals surface area contributed by atoms with Crippen LogP contribution in [-0.4, -0.2) is 45.5 Å².